The van der Waals surface area contributed by atoms with Gasteiger partial charge in [0.1, 0.15) is 0 Å². The molecule has 0 aliphatic rings. The summed E-state index contributed by atoms with van der Waals surface area (Å²) in [6, 6.07) is 31.5. The Morgan fingerprint density at radius 1 is 0.486 bits per heavy atom. The lowest BCUT2D eigenvalue weighted by Crippen LogP contribution is -1.98. The second kappa shape index (κ2) is 12.7. The molecule has 0 saturated heterocycles. The SMILES string of the molecule is Clc1ccc(C=CC(SC(/C=C\c2ccc(Cl)cc2)c2ccccc2Cl)c2ccccc2Cl)cc1. The van der Waals surface area contributed by atoms with E-state index in [4.69, 9.17) is 46.4 Å². The topological polar surface area (TPSA) is 0 Å². The predicted molar refractivity (Wildman–Crippen MR) is 157 cm³/mol. The van der Waals surface area contributed by atoms with Crippen molar-refractivity contribution in [3.63, 3.8) is 0 Å². The summed E-state index contributed by atoms with van der Waals surface area (Å²) in [5, 5.41) is 2.84. The van der Waals surface area contributed by atoms with Gasteiger partial charge in [0.25, 0.3) is 0 Å². The molecule has 176 valence electrons. The van der Waals surface area contributed by atoms with E-state index in [1.165, 1.54) is 0 Å². The van der Waals surface area contributed by atoms with E-state index in [0.717, 1.165) is 32.3 Å². The zero-order valence-corrected chi connectivity index (χ0v) is 22.5. The Labute approximate surface area is 231 Å². The van der Waals surface area contributed by atoms with Crippen molar-refractivity contribution in [1.29, 1.82) is 0 Å². The van der Waals surface area contributed by atoms with Crippen LogP contribution in [0.4, 0.5) is 0 Å². The van der Waals surface area contributed by atoms with Crippen molar-refractivity contribution in [2.45, 2.75) is 10.5 Å². The van der Waals surface area contributed by atoms with Crippen molar-refractivity contribution in [1.82, 2.24) is 0 Å². The molecule has 0 radical (unpaired) electrons. The summed E-state index contributed by atoms with van der Waals surface area (Å²) >= 11 is 27.2. The van der Waals surface area contributed by atoms with Crippen LogP contribution in [0.25, 0.3) is 12.2 Å². The third-order valence-corrected chi connectivity index (χ3v) is 7.98. The molecule has 0 aliphatic carbocycles. The van der Waals surface area contributed by atoms with Crippen LogP contribution < -0.4 is 0 Å². The maximum absolute atomic E-state index is 6.65. The van der Waals surface area contributed by atoms with E-state index >= 15 is 0 Å². The molecule has 0 spiro atoms. The van der Waals surface area contributed by atoms with Crippen molar-refractivity contribution in [2.75, 3.05) is 0 Å². The molecule has 2 atom stereocenters. The van der Waals surface area contributed by atoms with Crippen LogP contribution in [-0.4, -0.2) is 0 Å². The minimum absolute atomic E-state index is 0.0180. The highest BCUT2D eigenvalue weighted by atomic mass is 35.5. The Kier molecular flexibility index (Phi) is 9.43. The average molecular weight is 556 g/mol. The molecule has 0 fully saturated rings. The lowest BCUT2D eigenvalue weighted by atomic mass is 10.1. The highest BCUT2D eigenvalue weighted by Gasteiger charge is 2.20. The van der Waals surface area contributed by atoms with E-state index in [-0.39, 0.29) is 10.5 Å². The van der Waals surface area contributed by atoms with E-state index in [1.807, 2.05) is 84.9 Å². The first-order valence-corrected chi connectivity index (χ1v) is 13.5. The van der Waals surface area contributed by atoms with Crippen LogP contribution in [0.3, 0.4) is 0 Å². The minimum atomic E-state index is -0.0180. The summed E-state index contributed by atoms with van der Waals surface area (Å²) in [6.07, 6.45) is 8.55. The molecule has 0 amide bonds. The molecule has 0 aromatic heterocycles. The molecule has 0 aliphatic heterocycles. The van der Waals surface area contributed by atoms with Gasteiger partial charge in [0.05, 0.1) is 10.5 Å². The zero-order chi connectivity index (χ0) is 24.6. The Balaban J connectivity index is 1.71. The maximum atomic E-state index is 6.65. The third kappa shape index (κ3) is 7.43. The largest absolute Gasteiger partial charge is 0.137 e. The fourth-order valence-electron chi connectivity index (χ4n) is 3.56. The van der Waals surface area contributed by atoms with E-state index in [9.17, 15) is 0 Å². The third-order valence-electron chi connectivity index (χ3n) is 5.38. The summed E-state index contributed by atoms with van der Waals surface area (Å²) in [6.45, 7) is 0. The second-order valence-corrected chi connectivity index (χ2v) is 10.8. The second-order valence-electron chi connectivity index (χ2n) is 7.84. The Morgan fingerprint density at radius 3 is 1.23 bits per heavy atom. The van der Waals surface area contributed by atoms with Gasteiger partial charge in [-0.25, -0.2) is 0 Å². The fourth-order valence-corrected chi connectivity index (χ4v) is 5.81. The highest BCUT2D eigenvalue weighted by molar-refractivity contribution is 8.00. The van der Waals surface area contributed by atoms with Crippen LogP contribution in [0.5, 0.6) is 0 Å². The fraction of sp³-hybridized carbons (Fsp3) is 0.0667. The van der Waals surface area contributed by atoms with Crippen LogP contribution >= 0.6 is 58.2 Å². The standard InChI is InChI=1S/C30H22Cl4S/c31-23-15-9-21(10-16-23)13-19-29(25-5-1-3-7-27(25)33)35-30(26-6-2-4-8-28(26)34)20-14-22-11-17-24(32)18-12-22/h1-20,29-30H/b19-13-,20-14?. The van der Waals surface area contributed by atoms with Crippen LogP contribution in [0.15, 0.2) is 109 Å². The van der Waals surface area contributed by atoms with E-state index in [0.29, 0.717) is 10.0 Å². The smallest absolute Gasteiger partial charge is 0.0504 e. The predicted octanol–water partition coefficient (Wildman–Crippen LogP) is 11.2. The van der Waals surface area contributed by atoms with E-state index < -0.39 is 0 Å². The first-order chi connectivity index (χ1) is 17.0. The van der Waals surface area contributed by atoms with Crippen LogP contribution in [0.1, 0.15) is 32.8 Å². The van der Waals surface area contributed by atoms with Crippen LogP contribution in [-0.2, 0) is 0 Å². The van der Waals surface area contributed by atoms with Crippen molar-refractivity contribution >= 4 is 70.3 Å². The normalized spacial score (nSPS) is 13.4. The van der Waals surface area contributed by atoms with Crippen molar-refractivity contribution < 1.29 is 0 Å². The number of hydrogen-bond acceptors (Lipinski definition) is 1. The van der Waals surface area contributed by atoms with Crippen molar-refractivity contribution in [3.05, 3.63) is 152 Å². The summed E-state index contributed by atoms with van der Waals surface area (Å²) in [5.41, 5.74) is 4.22. The molecule has 0 saturated carbocycles. The molecule has 4 aromatic carbocycles. The van der Waals surface area contributed by atoms with Gasteiger partial charge in [0.2, 0.25) is 0 Å². The molecule has 35 heavy (non-hydrogen) atoms. The Hall–Kier alpha value is -2.13. The zero-order valence-electron chi connectivity index (χ0n) is 18.6. The van der Waals surface area contributed by atoms with Gasteiger partial charge in [-0.15, -0.1) is 11.8 Å². The molecule has 0 N–H and O–H groups in total. The van der Waals surface area contributed by atoms with Gasteiger partial charge in [0, 0.05) is 20.1 Å². The molecule has 4 aromatic rings. The van der Waals surface area contributed by atoms with Gasteiger partial charge in [-0.1, -0.05) is 131 Å². The summed E-state index contributed by atoms with van der Waals surface area (Å²) in [5.74, 6) is 0. The van der Waals surface area contributed by atoms with Crippen molar-refractivity contribution in [2.24, 2.45) is 0 Å². The lowest BCUT2D eigenvalue weighted by Gasteiger charge is -2.22. The van der Waals surface area contributed by atoms with E-state index in [2.05, 4.69) is 36.4 Å². The van der Waals surface area contributed by atoms with E-state index in [1.54, 1.807) is 11.8 Å². The first kappa shape index (κ1) is 25.9. The van der Waals surface area contributed by atoms with Gasteiger partial charge in [0.15, 0.2) is 0 Å². The molecule has 2 unspecified atom stereocenters. The lowest BCUT2D eigenvalue weighted by molar-refractivity contribution is 1.17. The minimum Gasteiger partial charge on any atom is -0.137 e. The number of halogens is 4. The first-order valence-electron chi connectivity index (χ1n) is 11.0. The van der Waals surface area contributed by atoms with Gasteiger partial charge in [-0.3, -0.25) is 0 Å². The number of thioether (sulfide) groups is 1. The summed E-state index contributed by atoms with van der Waals surface area (Å²) in [4.78, 5) is 0. The molecular formula is C30H22Cl4S. The molecule has 4 rings (SSSR count). The molecule has 0 heterocycles. The molecule has 0 bridgehead atoms. The Morgan fingerprint density at radius 2 is 0.857 bits per heavy atom. The quantitative estimate of drug-likeness (QED) is 0.208. The van der Waals surface area contributed by atoms with Gasteiger partial charge in [-0.2, -0.15) is 0 Å². The van der Waals surface area contributed by atoms with Crippen LogP contribution in [0, 0.1) is 0 Å². The molecule has 5 heteroatoms. The molecular weight excluding hydrogens is 534 g/mol. The number of hydrogen-bond donors (Lipinski definition) is 0. The molecule has 0 nitrogen and oxygen atoms in total. The summed E-state index contributed by atoms with van der Waals surface area (Å²) in [7, 11) is 0. The Bertz CT molecular complexity index is 1210. The summed E-state index contributed by atoms with van der Waals surface area (Å²) < 4.78 is 0. The number of benzene rings is 4. The van der Waals surface area contributed by atoms with Gasteiger partial charge >= 0.3 is 0 Å². The average Bonchev–Trinajstić information content (AvgIpc) is 2.87. The van der Waals surface area contributed by atoms with Gasteiger partial charge in [-0.05, 0) is 58.7 Å². The number of rotatable bonds is 8. The monoisotopic (exact) mass is 554 g/mol. The van der Waals surface area contributed by atoms with Gasteiger partial charge < -0.3 is 0 Å². The van der Waals surface area contributed by atoms with Crippen molar-refractivity contribution in [3.8, 4) is 0 Å². The maximum Gasteiger partial charge on any atom is 0.0504 e. The van der Waals surface area contributed by atoms with Crippen LogP contribution in [0.2, 0.25) is 20.1 Å². The highest BCUT2D eigenvalue weighted by Crippen LogP contribution is 2.46.